The molecule has 0 fully saturated rings. The van der Waals surface area contributed by atoms with E-state index in [4.69, 9.17) is 5.11 Å². The molecule has 4 heteroatoms. The van der Waals surface area contributed by atoms with E-state index in [1.165, 1.54) is 17.3 Å². The Morgan fingerprint density at radius 1 is 1.32 bits per heavy atom. The van der Waals surface area contributed by atoms with Crippen LogP contribution in [0.3, 0.4) is 0 Å². The molecular formula is C15H16N2O2. The Morgan fingerprint density at radius 3 is 2.84 bits per heavy atom. The van der Waals surface area contributed by atoms with Crippen LogP contribution in [0.2, 0.25) is 0 Å². The highest BCUT2D eigenvalue weighted by atomic mass is 16.4. The summed E-state index contributed by atoms with van der Waals surface area (Å²) in [5.41, 5.74) is 3.32. The summed E-state index contributed by atoms with van der Waals surface area (Å²) in [5.74, 6) is -0.966. The maximum Gasteiger partial charge on any atom is 0.339 e. The number of carbonyl (C=O) groups is 1. The van der Waals surface area contributed by atoms with Gasteiger partial charge in [0.15, 0.2) is 0 Å². The smallest absolute Gasteiger partial charge is 0.339 e. The largest absolute Gasteiger partial charge is 0.478 e. The number of carboxylic acids is 1. The van der Waals surface area contributed by atoms with E-state index in [-0.39, 0.29) is 5.56 Å². The monoisotopic (exact) mass is 256 g/mol. The van der Waals surface area contributed by atoms with Crippen molar-refractivity contribution in [2.75, 3.05) is 11.9 Å². The lowest BCUT2D eigenvalue weighted by atomic mass is 10.1. The molecule has 0 aliphatic rings. The average molecular weight is 256 g/mol. The number of carboxylic acid groups (broad SMARTS) is 1. The van der Waals surface area contributed by atoms with Crippen molar-refractivity contribution in [2.45, 2.75) is 13.3 Å². The third-order valence-electron chi connectivity index (χ3n) is 3.02. The fraction of sp³-hybridized carbons (Fsp3) is 0.200. The van der Waals surface area contributed by atoms with E-state index in [1.54, 1.807) is 12.3 Å². The summed E-state index contributed by atoms with van der Waals surface area (Å²) in [5, 5.41) is 12.2. The second-order valence-electron chi connectivity index (χ2n) is 4.33. The molecule has 2 aromatic rings. The van der Waals surface area contributed by atoms with Crippen molar-refractivity contribution in [3.63, 3.8) is 0 Å². The highest BCUT2D eigenvalue weighted by Gasteiger charge is 2.09. The molecule has 0 amide bonds. The zero-order valence-corrected chi connectivity index (χ0v) is 10.8. The number of aromatic carboxylic acids is 1. The van der Waals surface area contributed by atoms with Crippen LogP contribution in [0.15, 0.2) is 42.7 Å². The number of nitrogens with one attached hydrogen (secondary N) is 1. The fourth-order valence-electron chi connectivity index (χ4n) is 1.94. The van der Waals surface area contributed by atoms with Crippen LogP contribution in [-0.2, 0) is 6.42 Å². The van der Waals surface area contributed by atoms with Gasteiger partial charge in [-0.2, -0.15) is 0 Å². The number of pyridine rings is 1. The maximum absolute atomic E-state index is 11.0. The molecule has 1 heterocycles. The molecule has 4 nitrogen and oxygen atoms in total. The molecule has 0 aliphatic carbocycles. The summed E-state index contributed by atoms with van der Waals surface area (Å²) < 4.78 is 0. The van der Waals surface area contributed by atoms with Gasteiger partial charge in [0.25, 0.3) is 0 Å². The van der Waals surface area contributed by atoms with E-state index in [1.807, 2.05) is 12.1 Å². The number of benzene rings is 1. The van der Waals surface area contributed by atoms with Crippen LogP contribution in [0, 0.1) is 6.92 Å². The summed E-state index contributed by atoms with van der Waals surface area (Å²) in [6, 6.07) is 9.86. The van der Waals surface area contributed by atoms with E-state index < -0.39 is 5.97 Å². The molecule has 2 N–H and O–H groups in total. The SMILES string of the molecule is Cc1ccccc1CCNc1ccncc1C(=O)O. The first-order valence-electron chi connectivity index (χ1n) is 6.14. The summed E-state index contributed by atoms with van der Waals surface area (Å²) in [6.45, 7) is 2.76. The van der Waals surface area contributed by atoms with Gasteiger partial charge < -0.3 is 10.4 Å². The standard InChI is InChI=1S/C15H16N2O2/c1-11-4-2-3-5-12(11)6-9-17-14-7-8-16-10-13(14)15(18)19/h2-5,7-8,10H,6,9H2,1H3,(H,16,17)(H,18,19). The highest BCUT2D eigenvalue weighted by molar-refractivity contribution is 5.93. The number of hydrogen-bond donors (Lipinski definition) is 2. The van der Waals surface area contributed by atoms with Crippen molar-refractivity contribution in [2.24, 2.45) is 0 Å². The molecule has 0 spiro atoms. The van der Waals surface area contributed by atoms with Crippen LogP contribution < -0.4 is 5.32 Å². The molecule has 0 aliphatic heterocycles. The van der Waals surface area contributed by atoms with Gasteiger partial charge in [-0.3, -0.25) is 4.98 Å². The minimum atomic E-state index is -0.966. The summed E-state index contributed by atoms with van der Waals surface area (Å²) in [7, 11) is 0. The molecule has 2 rings (SSSR count). The van der Waals surface area contributed by atoms with Crippen molar-refractivity contribution >= 4 is 11.7 Å². The molecular weight excluding hydrogens is 240 g/mol. The first-order valence-corrected chi connectivity index (χ1v) is 6.14. The van der Waals surface area contributed by atoms with Crippen molar-refractivity contribution in [3.05, 3.63) is 59.4 Å². The quantitative estimate of drug-likeness (QED) is 0.863. The van der Waals surface area contributed by atoms with Crippen LogP contribution in [0.4, 0.5) is 5.69 Å². The number of nitrogens with zero attached hydrogens (tertiary/aromatic N) is 1. The molecule has 0 saturated heterocycles. The number of aromatic nitrogens is 1. The van der Waals surface area contributed by atoms with E-state index in [0.717, 1.165) is 6.42 Å². The molecule has 98 valence electrons. The summed E-state index contributed by atoms with van der Waals surface area (Å²) in [4.78, 5) is 14.9. The molecule has 1 aromatic carbocycles. The van der Waals surface area contributed by atoms with Crippen molar-refractivity contribution in [1.29, 1.82) is 0 Å². The summed E-state index contributed by atoms with van der Waals surface area (Å²) >= 11 is 0. The van der Waals surface area contributed by atoms with Gasteiger partial charge >= 0.3 is 5.97 Å². The topological polar surface area (TPSA) is 62.2 Å². The van der Waals surface area contributed by atoms with Crippen LogP contribution >= 0.6 is 0 Å². The van der Waals surface area contributed by atoms with Crippen LogP contribution in [-0.4, -0.2) is 22.6 Å². The van der Waals surface area contributed by atoms with E-state index in [0.29, 0.717) is 12.2 Å². The number of aryl methyl sites for hydroxylation is 1. The van der Waals surface area contributed by atoms with Crippen molar-refractivity contribution in [1.82, 2.24) is 4.98 Å². The zero-order valence-electron chi connectivity index (χ0n) is 10.8. The van der Waals surface area contributed by atoms with Gasteiger partial charge in [-0.25, -0.2) is 4.79 Å². The predicted molar refractivity (Wildman–Crippen MR) is 74.6 cm³/mol. The summed E-state index contributed by atoms with van der Waals surface area (Å²) in [6.07, 6.45) is 3.80. The second kappa shape index (κ2) is 6.00. The minimum Gasteiger partial charge on any atom is -0.478 e. The number of hydrogen-bond acceptors (Lipinski definition) is 3. The van der Waals surface area contributed by atoms with Gasteiger partial charge in [0.2, 0.25) is 0 Å². The number of rotatable bonds is 5. The van der Waals surface area contributed by atoms with Gasteiger partial charge in [-0.05, 0) is 30.5 Å². The molecule has 0 atom stereocenters. The van der Waals surface area contributed by atoms with Crippen LogP contribution in [0.25, 0.3) is 0 Å². The van der Waals surface area contributed by atoms with Gasteiger partial charge in [0.05, 0.1) is 5.69 Å². The lowest BCUT2D eigenvalue weighted by molar-refractivity contribution is 0.0697. The normalized spacial score (nSPS) is 10.2. The molecule has 1 aromatic heterocycles. The predicted octanol–water partition coefficient (Wildman–Crippen LogP) is 2.74. The van der Waals surface area contributed by atoms with E-state index in [9.17, 15) is 4.79 Å². The molecule has 0 bridgehead atoms. The Morgan fingerprint density at radius 2 is 2.11 bits per heavy atom. The Labute approximate surface area is 112 Å². The molecule has 19 heavy (non-hydrogen) atoms. The van der Waals surface area contributed by atoms with Gasteiger partial charge in [-0.15, -0.1) is 0 Å². The third kappa shape index (κ3) is 3.31. The Balaban J connectivity index is 2.00. The highest BCUT2D eigenvalue weighted by Crippen LogP contribution is 2.14. The zero-order chi connectivity index (χ0) is 13.7. The lowest BCUT2D eigenvalue weighted by Crippen LogP contribution is -2.10. The third-order valence-corrected chi connectivity index (χ3v) is 3.02. The molecule has 0 saturated carbocycles. The average Bonchev–Trinajstić information content (AvgIpc) is 2.41. The lowest BCUT2D eigenvalue weighted by Gasteiger charge is -2.10. The fourth-order valence-corrected chi connectivity index (χ4v) is 1.94. The maximum atomic E-state index is 11.0. The first-order chi connectivity index (χ1) is 9.18. The van der Waals surface area contributed by atoms with E-state index in [2.05, 4.69) is 29.4 Å². The van der Waals surface area contributed by atoms with E-state index >= 15 is 0 Å². The van der Waals surface area contributed by atoms with Crippen LogP contribution in [0.5, 0.6) is 0 Å². The first kappa shape index (κ1) is 13.1. The Bertz CT molecular complexity index is 582. The van der Waals surface area contributed by atoms with Crippen LogP contribution in [0.1, 0.15) is 21.5 Å². The van der Waals surface area contributed by atoms with Gasteiger partial charge in [0, 0.05) is 18.9 Å². The van der Waals surface area contributed by atoms with Gasteiger partial charge in [-0.1, -0.05) is 24.3 Å². The molecule has 0 unspecified atom stereocenters. The minimum absolute atomic E-state index is 0.201. The van der Waals surface area contributed by atoms with Gasteiger partial charge in [0.1, 0.15) is 5.56 Å². The Hall–Kier alpha value is -2.36. The van der Waals surface area contributed by atoms with Crippen molar-refractivity contribution in [3.8, 4) is 0 Å². The number of anilines is 1. The molecule has 0 radical (unpaired) electrons. The Kier molecular flexibility index (Phi) is 4.13. The second-order valence-corrected chi connectivity index (χ2v) is 4.33. The van der Waals surface area contributed by atoms with Crippen molar-refractivity contribution < 1.29 is 9.90 Å².